The van der Waals surface area contributed by atoms with Gasteiger partial charge in [-0.25, -0.2) is 10.8 Å². The average molecular weight is 216 g/mol. The molecule has 1 unspecified atom stereocenters. The number of nitrogens with two attached hydrogens (primary N) is 1. The van der Waals surface area contributed by atoms with E-state index >= 15 is 0 Å². The summed E-state index contributed by atoms with van der Waals surface area (Å²) in [6.07, 6.45) is 0. The van der Waals surface area contributed by atoms with E-state index in [0.29, 0.717) is 6.61 Å². The van der Waals surface area contributed by atoms with Crippen molar-refractivity contribution in [3.8, 4) is 0 Å². The number of hydrazine groups is 1. The number of methoxy groups -OCH3 is 1. The zero-order valence-electron chi connectivity index (χ0n) is 10.4. The van der Waals surface area contributed by atoms with Gasteiger partial charge < -0.3 is 9.64 Å². The summed E-state index contributed by atoms with van der Waals surface area (Å²) in [4.78, 5) is 6.51. The Hall–Kier alpha value is -0.810. The molecule has 1 atom stereocenters. The van der Waals surface area contributed by atoms with Crippen molar-refractivity contribution in [2.45, 2.75) is 39.8 Å². The first-order valence-electron chi connectivity index (χ1n) is 5.36. The third-order valence-electron chi connectivity index (χ3n) is 2.06. The van der Waals surface area contributed by atoms with E-state index in [0.717, 1.165) is 12.5 Å². The van der Waals surface area contributed by atoms with Crippen molar-refractivity contribution >= 4 is 5.96 Å². The predicted molar refractivity (Wildman–Crippen MR) is 63.6 cm³/mol. The molecule has 0 radical (unpaired) electrons. The molecule has 5 heteroatoms. The van der Waals surface area contributed by atoms with Crippen molar-refractivity contribution in [2.24, 2.45) is 10.8 Å². The number of ether oxygens (including phenoxy) is 1. The SMILES string of the molecule is CCN(C(=NC(C)C)NN)C(C)COC. The maximum absolute atomic E-state index is 5.47. The van der Waals surface area contributed by atoms with Crippen LogP contribution >= 0.6 is 0 Å². The lowest BCUT2D eigenvalue weighted by Crippen LogP contribution is -2.50. The van der Waals surface area contributed by atoms with Gasteiger partial charge in [-0.05, 0) is 27.7 Å². The van der Waals surface area contributed by atoms with Crippen molar-refractivity contribution in [3.63, 3.8) is 0 Å². The molecule has 0 heterocycles. The summed E-state index contributed by atoms with van der Waals surface area (Å²) in [5, 5.41) is 0. The molecule has 90 valence electrons. The molecule has 0 spiro atoms. The first-order chi connectivity index (χ1) is 7.06. The highest BCUT2D eigenvalue weighted by Crippen LogP contribution is 2.01. The van der Waals surface area contributed by atoms with Crippen LogP contribution in [-0.2, 0) is 4.74 Å². The van der Waals surface area contributed by atoms with Gasteiger partial charge in [0.1, 0.15) is 0 Å². The highest BCUT2D eigenvalue weighted by molar-refractivity contribution is 5.79. The van der Waals surface area contributed by atoms with Gasteiger partial charge in [0.2, 0.25) is 5.96 Å². The van der Waals surface area contributed by atoms with E-state index in [1.165, 1.54) is 0 Å². The van der Waals surface area contributed by atoms with E-state index in [2.05, 4.69) is 29.2 Å². The van der Waals surface area contributed by atoms with Gasteiger partial charge in [0, 0.05) is 19.7 Å². The Morgan fingerprint density at radius 3 is 2.40 bits per heavy atom. The number of nitrogens with zero attached hydrogens (tertiary/aromatic N) is 2. The molecule has 0 rings (SSSR count). The summed E-state index contributed by atoms with van der Waals surface area (Å²) in [6, 6.07) is 0.480. The van der Waals surface area contributed by atoms with Crippen LogP contribution in [0.5, 0.6) is 0 Å². The molecule has 0 amide bonds. The van der Waals surface area contributed by atoms with Crippen LogP contribution in [0.4, 0.5) is 0 Å². The standard InChI is InChI=1S/C10H24N4O/c1-6-14(9(4)7-15-5)10(13-11)12-8(2)3/h8-9H,6-7,11H2,1-5H3,(H,12,13). The Bertz CT molecular complexity index is 194. The Morgan fingerprint density at radius 2 is 2.07 bits per heavy atom. The van der Waals surface area contributed by atoms with E-state index in [-0.39, 0.29) is 12.1 Å². The van der Waals surface area contributed by atoms with Crippen molar-refractivity contribution in [3.05, 3.63) is 0 Å². The van der Waals surface area contributed by atoms with Crippen molar-refractivity contribution in [1.82, 2.24) is 10.3 Å². The molecule has 0 aromatic heterocycles. The number of nitrogens with one attached hydrogen (secondary N) is 1. The second kappa shape index (κ2) is 7.48. The zero-order valence-corrected chi connectivity index (χ0v) is 10.4. The van der Waals surface area contributed by atoms with Gasteiger partial charge in [0.15, 0.2) is 0 Å². The lowest BCUT2D eigenvalue weighted by Gasteiger charge is -2.30. The van der Waals surface area contributed by atoms with Crippen molar-refractivity contribution in [1.29, 1.82) is 0 Å². The van der Waals surface area contributed by atoms with E-state index in [1.54, 1.807) is 7.11 Å². The molecule has 0 bridgehead atoms. The Morgan fingerprint density at radius 1 is 1.47 bits per heavy atom. The van der Waals surface area contributed by atoms with Crippen LogP contribution in [0.15, 0.2) is 4.99 Å². The van der Waals surface area contributed by atoms with Crippen LogP contribution in [-0.4, -0.2) is 43.2 Å². The molecule has 0 aliphatic heterocycles. The number of hydrogen-bond acceptors (Lipinski definition) is 3. The van der Waals surface area contributed by atoms with Gasteiger partial charge >= 0.3 is 0 Å². The monoisotopic (exact) mass is 216 g/mol. The van der Waals surface area contributed by atoms with Crippen LogP contribution in [0.1, 0.15) is 27.7 Å². The topological polar surface area (TPSA) is 62.9 Å². The molecule has 15 heavy (non-hydrogen) atoms. The molecular formula is C10H24N4O. The number of rotatable bonds is 5. The fraction of sp³-hybridized carbons (Fsp3) is 0.900. The summed E-state index contributed by atoms with van der Waals surface area (Å²) in [5.41, 5.74) is 2.64. The first kappa shape index (κ1) is 14.2. The summed E-state index contributed by atoms with van der Waals surface area (Å²) in [5.74, 6) is 6.19. The number of aliphatic imine (C=N–C) groups is 1. The van der Waals surface area contributed by atoms with Gasteiger partial charge in [0.25, 0.3) is 0 Å². The summed E-state index contributed by atoms with van der Waals surface area (Å²) in [6.45, 7) is 9.70. The van der Waals surface area contributed by atoms with E-state index in [4.69, 9.17) is 10.6 Å². The minimum absolute atomic E-state index is 0.222. The van der Waals surface area contributed by atoms with E-state index < -0.39 is 0 Å². The van der Waals surface area contributed by atoms with Crippen molar-refractivity contribution < 1.29 is 4.74 Å². The summed E-state index contributed by atoms with van der Waals surface area (Å²) in [7, 11) is 1.69. The minimum atomic E-state index is 0.222. The Labute approximate surface area is 92.7 Å². The maximum atomic E-state index is 5.47. The molecule has 0 aliphatic rings. The third kappa shape index (κ3) is 4.99. The third-order valence-corrected chi connectivity index (χ3v) is 2.06. The van der Waals surface area contributed by atoms with Gasteiger partial charge in [-0.3, -0.25) is 5.43 Å². The van der Waals surface area contributed by atoms with Crippen LogP contribution in [0.2, 0.25) is 0 Å². The fourth-order valence-electron chi connectivity index (χ4n) is 1.44. The summed E-state index contributed by atoms with van der Waals surface area (Å²) < 4.78 is 5.12. The fourth-order valence-corrected chi connectivity index (χ4v) is 1.44. The second-order valence-corrected chi connectivity index (χ2v) is 3.78. The van der Waals surface area contributed by atoms with Crippen LogP contribution in [0, 0.1) is 0 Å². The van der Waals surface area contributed by atoms with Gasteiger partial charge in [-0.2, -0.15) is 0 Å². The molecule has 0 aromatic rings. The maximum Gasteiger partial charge on any atom is 0.208 e. The smallest absolute Gasteiger partial charge is 0.208 e. The second-order valence-electron chi connectivity index (χ2n) is 3.78. The average Bonchev–Trinajstić information content (AvgIpc) is 2.17. The largest absolute Gasteiger partial charge is 0.383 e. The zero-order chi connectivity index (χ0) is 11.8. The molecule has 0 saturated heterocycles. The van der Waals surface area contributed by atoms with Crippen LogP contribution in [0.25, 0.3) is 0 Å². The molecule has 0 aliphatic carbocycles. The molecular weight excluding hydrogens is 192 g/mol. The number of hydrogen-bond donors (Lipinski definition) is 2. The molecule has 0 aromatic carbocycles. The van der Waals surface area contributed by atoms with Gasteiger partial charge in [-0.15, -0.1) is 0 Å². The Balaban J connectivity index is 4.60. The molecule has 0 saturated carbocycles. The summed E-state index contributed by atoms with van der Waals surface area (Å²) >= 11 is 0. The predicted octanol–water partition coefficient (Wildman–Crippen LogP) is 0.571. The van der Waals surface area contributed by atoms with Crippen molar-refractivity contribution in [2.75, 3.05) is 20.3 Å². The van der Waals surface area contributed by atoms with Crippen LogP contribution < -0.4 is 11.3 Å². The van der Waals surface area contributed by atoms with E-state index in [1.807, 2.05) is 13.8 Å². The normalized spacial score (nSPS) is 14.2. The number of guanidine groups is 1. The quantitative estimate of drug-likeness (QED) is 0.305. The lowest BCUT2D eigenvalue weighted by molar-refractivity contribution is 0.136. The van der Waals surface area contributed by atoms with Gasteiger partial charge in [-0.1, -0.05) is 0 Å². The Kier molecular flexibility index (Phi) is 7.07. The lowest BCUT2D eigenvalue weighted by atomic mass is 10.3. The first-order valence-corrected chi connectivity index (χ1v) is 5.36. The minimum Gasteiger partial charge on any atom is -0.383 e. The number of likely N-dealkylation sites (N-methyl/N-ethyl adjacent to an activating group) is 1. The molecule has 0 fully saturated rings. The molecule has 3 N–H and O–H groups in total. The van der Waals surface area contributed by atoms with E-state index in [9.17, 15) is 0 Å². The highest BCUT2D eigenvalue weighted by Gasteiger charge is 2.15. The van der Waals surface area contributed by atoms with Crippen LogP contribution in [0.3, 0.4) is 0 Å². The van der Waals surface area contributed by atoms with Gasteiger partial charge in [0.05, 0.1) is 12.6 Å². The highest BCUT2D eigenvalue weighted by atomic mass is 16.5. The molecule has 5 nitrogen and oxygen atoms in total.